The molecule has 5 nitrogen and oxygen atoms in total. The average Bonchev–Trinajstić information content (AvgIpc) is 2.71. The van der Waals surface area contributed by atoms with Crippen LogP contribution in [0.25, 0.3) is 0 Å². The lowest BCUT2D eigenvalue weighted by Gasteiger charge is -2.36. The normalized spacial score (nSPS) is 29.8. The van der Waals surface area contributed by atoms with E-state index in [9.17, 15) is 9.90 Å². The van der Waals surface area contributed by atoms with Gasteiger partial charge in [-0.15, -0.1) is 0 Å². The topological polar surface area (TPSA) is 61.8 Å². The largest absolute Gasteiger partial charge is 0.438 e. The number of hydrogen-bond acceptors (Lipinski definition) is 4. The van der Waals surface area contributed by atoms with Crippen molar-refractivity contribution in [1.82, 2.24) is 10.2 Å². The molecule has 2 aliphatic heterocycles. The Kier molecular flexibility index (Phi) is 3.58. The van der Waals surface area contributed by atoms with Gasteiger partial charge >= 0.3 is 6.09 Å². The summed E-state index contributed by atoms with van der Waals surface area (Å²) in [7, 11) is 0. The Morgan fingerprint density at radius 1 is 1.55 bits per heavy atom. The van der Waals surface area contributed by atoms with Crippen LogP contribution in [-0.4, -0.2) is 47.4 Å². The lowest BCUT2D eigenvalue weighted by Crippen LogP contribution is -2.56. The van der Waals surface area contributed by atoms with Gasteiger partial charge in [0.25, 0.3) is 0 Å². The van der Waals surface area contributed by atoms with Gasteiger partial charge in [0.1, 0.15) is 6.10 Å². The first kappa shape index (κ1) is 13.7. The third-order valence-corrected chi connectivity index (χ3v) is 4.17. The SMILES string of the molecule is O=C1O[C@@]2(CCNC[C@@H]2O)CN1Cc1cccc(Cl)c1. The Hall–Kier alpha value is -1.30. The number of amides is 1. The zero-order chi connectivity index (χ0) is 14.2. The third-order valence-electron chi connectivity index (χ3n) is 3.94. The first-order valence-corrected chi connectivity index (χ1v) is 7.08. The number of ether oxygens (including phenoxy) is 1. The molecule has 0 aliphatic carbocycles. The highest BCUT2D eigenvalue weighted by molar-refractivity contribution is 6.30. The van der Waals surface area contributed by atoms with Crippen molar-refractivity contribution in [1.29, 1.82) is 0 Å². The van der Waals surface area contributed by atoms with Crippen LogP contribution in [0.2, 0.25) is 5.02 Å². The van der Waals surface area contributed by atoms with E-state index in [4.69, 9.17) is 16.3 Å². The van der Waals surface area contributed by atoms with Gasteiger partial charge in [0.05, 0.1) is 6.54 Å². The molecule has 20 heavy (non-hydrogen) atoms. The molecule has 3 rings (SSSR count). The van der Waals surface area contributed by atoms with Crippen LogP contribution in [0.15, 0.2) is 24.3 Å². The quantitative estimate of drug-likeness (QED) is 0.866. The molecule has 108 valence electrons. The van der Waals surface area contributed by atoms with Crippen LogP contribution in [0, 0.1) is 0 Å². The van der Waals surface area contributed by atoms with E-state index in [1.807, 2.05) is 18.2 Å². The lowest BCUT2D eigenvalue weighted by molar-refractivity contribution is -0.0693. The Bertz CT molecular complexity index is 525. The van der Waals surface area contributed by atoms with E-state index in [1.54, 1.807) is 11.0 Å². The van der Waals surface area contributed by atoms with Crippen LogP contribution in [0.3, 0.4) is 0 Å². The maximum Gasteiger partial charge on any atom is 0.410 e. The van der Waals surface area contributed by atoms with Gasteiger partial charge < -0.3 is 15.2 Å². The minimum Gasteiger partial charge on any atom is -0.438 e. The fourth-order valence-corrected chi connectivity index (χ4v) is 3.04. The number of carbonyl (C=O) groups is 1. The molecule has 1 amide bonds. The second-order valence-electron chi connectivity index (χ2n) is 5.39. The van der Waals surface area contributed by atoms with E-state index in [2.05, 4.69) is 5.32 Å². The molecule has 0 aromatic heterocycles. The summed E-state index contributed by atoms with van der Waals surface area (Å²) >= 11 is 5.95. The van der Waals surface area contributed by atoms with Crippen molar-refractivity contribution in [3.63, 3.8) is 0 Å². The molecule has 1 spiro atoms. The fourth-order valence-electron chi connectivity index (χ4n) is 2.83. The number of halogens is 1. The second-order valence-corrected chi connectivity index (χ2v) is 5.83. The van der Waals surface area contributed by atoms with Crippen molar-refractivity contribution in [3.8, 4) is 0 Å². The van der Waals surface area contributed by atoms with E-state index < -0.39 is 11.7 Å². The molecule has 1 aromatic carbocycles. The van der Waals surface area contributed by atoms with Crippen LogP contribution < -0.4 is 5.32 Å². The number of aliphatic hydroxyl groups is 1. The maximum absolute atomic E-state index is 12.0. The molecule has 0 unspecified atom stereocenters. The van der Waals surface area contributed by atoms with Crippen LogP contribution in [-0.2, 0) is 11.3 Å². The molecular formula is C14H17ClN2O3. The molecule has 0 bridgehead atoms. The summed E-state index contributed by atoms with van der Waals surface area (Å²) in [5.74, 6) is 0. The molecule has 1 aromatic rings. The summed E-state index contributed by atoms with van der Waals surface area (Å²) in [6.07, 6.45) is -0.401. The summed E-state index contributed by atoms with van der Waals surface area (Å²) in [6.45, 7) is 2.07. The number of nitrogens with one attached hydrogen (secondary N) is 1. The van der Waals surface area contributed by atoms with E-state index in [1.165, 1.54) is 0 Å². The van der Waals surface area contributed by atoms with Gasteiger partial charge in [-0.1, -0.05) is 23.7 Å². The van der Waals surface area contributed by atoms with E-state index in [0.717, 1.165) is 12.1 Å². The first-order valence-electron chi connectivity index (χ1n) is 6.70. The average molecular weight is 297 g/mol. The van der Waals surface area contributed by atoms with Gasteiger partial charge in [0.2, 0.25) is 0 Å². The Morgan fingerprint density at radius 3 is 3.15 bits per heavy atom. The van der Waals surface area contributed by atoms with Crippen molar-refractivity contribution < 1.29 is 14.6 Å². The number of nitrogens with zero attached hydrogens (tertiary/aromatic N) is 1. The van der Waals surface area contributed by atoms with Crippen molar-refractivity contribution in [2.24, 2.45) is 0 Å². The minimum atomic E-state index is -0.763. The number of carbonyl (C=O) groups excluding carboxylic acids is 1. The molecule has 0 radical (unpaired) electrons. The van der Waals surface area contributed by atoms with Crippen molar-refractivity contribution in [3.05, 3.63) is 34.9 Å². The van der Waals surface area contributed by atoms with Crippen LogP contribution in [0.1, 0.15) is 12.0 Å². The molecule has 2 aliphatic rings. The second kappa shape index (κ2) is 5.24. The smallest absolute Gasteiger partial charge is 0.410 e. The van der Waals surface area contributed by atoms with Gasteiger partial charge in [-0.25, -0.2) is 4.79 Å². The van der Waals surface area contributed by atoms with E-state index >= 15 is 0 Å². The predicted octanol–water partition coefficient (Wildman–Crippen LogP) is 1.39. The molecular weight excluding hydrogens is 280 g/mol. The Labute approximate surface area is 122 Å². The van der Waals surface area contributed by atoms with Crippen molar-refractivity contribution in [2.75, 3.05) is 19.6 Å². The van der Waals surface area contributed by atoms with E-state index in [0.29, 0.717) is 31.1 Å². The number of hydrogen-bond donors (Lipinski definition) is 2. The summed E-state index contributed by atoms with van der Waals surface area (Å²) in [4.78, 5) is 13.6. The summed E-state index contributed by atoms with van der Waals surface area (Å²) in [6, 6.07) is 7.40. The number of aliphatic hydroxyl groups excluding tert-OH is 1. The van der Waals surface area contributed by atoms with Gasteiger partial charge in [-0.05, 0) is 24.2 Å². The molecule has 6 heteroatoms. The molecule has 2 N–H and O–H groups in total. The highest BCUT2D eigenvalue weighted by Gasteiger charge is 2.51. The van der Waals surface area contributed by atoms with Gasteiger partial charge in [-0.2, -0.15) is 0 Å². The van der Waals surface area contributed by atoms with Crippen LogP contribution in [0.4, 0.5) is 4.79 Å². The van der Waals surface area contributed by atoms with Gasteiger partial charge in [0.15, 0.2) is 5.60 Å². The zero-order valence-electron chi connectivity index (χ0n) is 11.0. The van der Waals surface area contributed by atoms with Gasteiger partial charge in [0, 0.05) is 24.5 Å². The number of β-amino-alcohol motifs (C(OH)–C–C–N with tert-alkyl or cyclic N) is 1. The monoisotopic (exact) mass is 296 g/mol. The molecule has 2 saturated heterocycles. The van der Waals surface area contributed by atoms with E-state index in [-0.39, 0.29) is 6.09 Å². The lowest BCUT2D eigenvalue weighted by atomic mass is 9.89. The standard InChI is InChI=1S/C14H17ClN2O3/c15-11-3-1-2-10(6-11)8-17-9-14(20-13(17)19)4-5-16-7-12(14)18/h1-3,6,12,16,18H,4-5,7-9H2/t12-,14-/m0/s1. The van der Waals surface area contributed by atoms with Crippen LogP contribution >= 0.6 is 11.6 Å². The number of rotatable bonds is 2. The molecule has 0 saturated carbocycles. The minimum absolute atomic E-state index is 0.370. The number of benzene rings is 1. The highest BCUT2D eigenvalue weighted by atomic mass is 35.5. The summed E-state index contributed by atoms with van der Waals surface area (Å²) < 4.78 is 5.48. The third kappa shape index (κ3) is 2.49. The fraction of sp³-hybridized carbons (Fsp3) is 0.500. The Balaban J connectivity index is 1.74. The molecule has 2 fully saturated rings. The van der Waals surface area contributed by atoms with Crippen molar-refractivity contribution >= 4 is 17.7 Å². The molecule has 2 atom stereocenters. The maximum atomic E-state index is 12.0. The zero-order valence-corrected chi connectivity index (χ0v) is 11.8. The predicted molar refractivity (Wildman–Crippen MR) is 74.6 cm³/mol. The Morgan fingerprint density at radius 2 is 2.40 bits per heavy atom. The number of piperidine rings is 1. The van der Waals surface area contributed by atoms with Crippen molar-refractivity contribution in [2.45, 2.75) is 24.7 Å². The summed E-state index contributed by atoms with van der Waals surface area (Å²) in [5.41, 5.74) is 0.191. The van der Waals surface area contributed by atoms with Crippen LogP contribution in [0.5, 0.6) is 0 Å². The molecule has 2 heterocycles. The summed E-state index contributed by atoms with van der Waals surface area (Å²) in [5, 5.41) is 13.9. The van der Waals surface area contributed by atoms with Gasteiger partial charge in [-0.3, -0.25) is 4.90 Å². The highest BCUT2D eigenvalue weighted by Crippen LogP contribution is 2.32. The first-order chi connectivity index (χ1) is 9.59.